The Balaban J connectivity index is 2.11. The topological polar surface area (TPSA) is 24.9 Å². The number of hydrogen-bond acceptors (Lipinski definition) is 2. The highest BCUT2D eigenvalue weighted by Crippen LogP contribution is 2.50. The smallest absolute Gasteiger partial charge is 0.0306 e. The second-order valence-electron chi connectivity index (χ2n) is 5.71. The van der Waals surface area contributed by atoms with Crippen molar-refractivity contribution in [2.45, 2.75) is 39.0 Å². The van der Waals surface area contributed by atoms with Crippen molar-refractivity contribution < 1.29 is 0 Å². The summed E-state index contributed by atoms with van der Waals surface area (Å²) >= 11 is 0. The Morgan fingerprint density at radius 3 is 2.76 bits per heavy atom. The summed E-state index contributed by atoms with van der Waals surface area (Å²) < 4.78 is 0. The van der Waals surface area contributed by atoms with Gasteiger partial charge < -0.3 is 5.32 Å². The minimum absolute atomic E-state index is 0.346. The van der Waals surface area contributed by atoms with Gasteiger partial charge in [0.2, 0.25) is 0 Å². The van der Waals surface area contributed by atoms with Crippen molar-refractivity contribution in [1.82, 2.24) is 10.3 Å². The Labute approximate surface area is 105 Å². The summed E-state index contributed by atoms with van der Waals surface area (Å²) in [7, 11) is 0. The van der Waals surface area contributed by atoms with E-state index in [-0.39, 0.29) is 0 Å². The molecule has 0 bridgehead atoms. The third-order valence-corrected chi connectivity index (χ3v) is 4.24. The normalized spacial score (nSPS) is 28.1. The Morgan fingerprint density at radius 1 is 1.47 bits per heavy atom. The number of nitrogens with one attached hydrogen (secondary N) is 1. The molecule has 1 fully saturated rings. The third kappa shape index (κ3) is 2.52. The zero-order valence-corrected chi connectivity index (χ0v) is 11.2. The molecule has 17 heavy (non-hydrogen) atoms. The van der Waals surface area contributed by atoms with Crippen molar-refractivity contribution in [3.05, 3.63) is 30.1 Å². The molecule has 2 rings (SSSR count). The summed E-state index contributed by atoms with van der Waals surface area (Å²) in [6.45, 7) is 9.00. The largest absolute Gasteiger partial charge is 0.316 e. The first-order chi connectivity index (χ1) is 8.18. The summed E-state index contributed by atoms with van der Waals surface area (Å²) in [5.74, 6) is 1.69. The van der Waals surface area contributed by atoms with Crippen LogP contribution in [0.4, 0.5) is 0 Å². The lowest BCUT2D eigenvalue weighted by Crippen LogP contribution is -2.50. The number of likely N-dealkylation sites (N-methyl/N-ethyl adjacent to an activating group) is 1. The molecule has 1 aromatic heterocycles. The van der Waals surface area contributed by atoms with E-state index in [0.29, 0.717) is 5.41 Å². The second-order valence-corrected chi connectivity index (χ2v) is 5.71. The van der Waals surface area contributed by atoms with Crippen molar-refractivity contribution in [3.8, 4) is 0 Å². The predicted octanol–water partition coefficient (Wildman–Crippen LogP) is 2.99. The predicted molar refractivity (Wildman–Crippen MR) is 72.0 cm³/mol. The quantitative estimate of drug-likeness (QED) is 0.844. The van der Waals surface area contributed by atoms with E-state index in [4.69, 9.17) is 0 Å². The van der Waals surface area contributed by atoms with Crippen LogP contribution in [0.3, 0.4) is 0 Å². The average molecular weight is 232 g/mol. The van der Waals surface area contributed by atoms with E-state index in [2.05, 4.69) is 43.2 Å². The Kier molecular flexibility index (Phi) is 3.82. The van der Waals surface area contributed by atoms with Gasteiger partial charge in [0.1, 0.15) is 0 Å². The van der Waals surface area contributed by atoms with Gasteiger partial charge in [0.15, 0.2) is 0 Å². The van der Waals surface area contributed by atoms with Crippen LogP contribution in [0.5, 0.6) is 0 Å². The lowest BCUT2D eigenvalue weighted by atomic mass is 9.56. The van der Waals surface area contributed by atoms with Crippen molar-refractivity contribution in [1.29, 1.82) is 0 Å². The van der Waals surface area contributed by atoms with Crippen LogP contribution in [-0.4, -0.2) is 18.1 Å². The van der Waals surface area contributed by atoms with Crippen molar-refractivity contribution >= 4 is 0 Å². The van der Waals surface area contributed by atoms with Gasteiger partial charge in [-0.3, -0.25) is 4.98 Å². The van der Waals surface area contributed by atoms with Crippen LogP contribution >= 0.6 is 0 Å². The molecule has 2 heteroatoms. The van der Waals surface area contributed by atoms with Gasteiger partial charge in [0, 0.05) is 24.4 Å². The molecule has 1 aliphatic carbocycles. The van der Waals surface area contributed by atoms with Crippen LogP contribution in [0.25, 0.3) is 0 Å². The van der Waals surface area contributed by atoms with E-state index in [1.165, 1.54) is 18.4 Å². The van der Waals surface area contributed by atoms with Crippen LogP contribution in [0.15, 0.2) is 24.5 Å². The molecule has 0 spiro atoms. The fraction of sp³-hybridized carbons (Fsp3) is 0.667. The maximum atomic E-state index is 4.28. The van der Waals surface area contributed by atoms with Crippen molar-refractivity contribution in [3.63, 3.8) is 0 Å². The van der Waals surface area contributed by atoms with Gasteiger partial charge in [-0.1, -0.05) is 26.8 Å². The summed E-state index contributed by atoms with van der Waals surface area (Å²) in [5, 5.41) is 3.52. The van der Waals surface area contributed by atoms with E-state index in [0.717, 1.165) is 24.9 Å². The molecule has 1 saturated carbocycles. The minimum atomic E-state index is 0.346. The van der Waals surface area contributed by atoms with Crippen LogP contribution < -0.4 is 5.32 Å². The average Bonchev–Trinajstić information content (AvgIpc) is 2.28. The van der Waals surface area contributed by atoms with Crippen molar-refractivity contribution in [2.75, 3.05) is 13.1 Å². The zero-order chi connectivity index (χ0) is 12.3. The van der Waals surface area contributed by atoms with Crippen LogP contribution in [0, 0.1) is 11.8 Å². The molecule has 0 saturated heterocycles. The van der Waals surface area contributed by atoms with Gasteiger partial charge in [-0.2, -0.15) is 0 Å². The first kappa shape index (κ1) is 12.6. The zero-order valence-electron chi connectivity index (χ0n) is 11.2. The van der Waals surface area contributed by atoms with Crippen molar-refractivity contribution in [2.24, 2.45) is 11.8 Å². The molecule has 1 aliphatic rings. The summed E-state index contributed by atoms with van der Waals surface area (Å²) in [5.41, 5.74) is 1.76. The van der Waals surface area contributed by atoms with E-state index in [1.807, 2.05) is 12.4 Å². The van der Waals surface area contributed by atoms with Gasteiger partial charge >= 0.3 is 0 Å². The molecule has 0 unspecified atom stereocenters. The molecule has 1 aromatic rings. The third-order valence-electron chi connectivity index (χ3n) is 4.24. The molecule has 0 atom stereocenters. The van der Waals surface area contributed by atoms with Gasteiger partial charge in [0.25, 0.3) is 0 Å². The summed E-state index contributed by atoms with van der Waals surface area (Å²) in [6, 6.07) is 4.30. The number of pyridine rings is 1. The molecular weight excluding hydrogens is 208 g/mol. The molecule has 94 valence electrons. The number of aromatic nitrogens is 1. The van der Waals surface area contributed by atoms with E-state index in [9.17, 15) is 0 Å². The maximum Gasteiger partial charge on any atom is 0.0306 e. The van der Waals surface area contributed by atoms with E-state index in [1.54, 1.807) is 0 Å². The SMILES string of the molecule is CCNCC1(c2cccnc2)CC(C(C)C)C1. The lowest BCUT2D eigenvalue weighted by molar-refractivity contribution is 0.0979. The van der Waals surface area contributed by atoms with E-state index < -0.39 is 0 Å². The molecule has 1 heterocycles. The Hall–Kier alpha value is -0.890. The Morgan fingerprint density at radius 2 is 2.24 bits per heavy atom. The van der Waals surface area contributed by atoms with Crippen LogP contribution in [-0.2, 0) is 5.41 Å². The molecular formula is C15H24N2. The fourth-order valence-corrected chi connectivity index (χ4v) is 2.94. The van der Waals surface area contributed by atoms with Crippen LogP contribution in [0.2, 0.25) is 0 Å². The van der Waals surface area contributed by atoms with E-state index >= 15 is 0 Å². The Bertz CT molecular complexity index is 339. The first-order valence-electron chi connectivity index (χ1n) is 6.79. The monoisotopic (exact) mass is 232 g/mol. The summed E-state index contributed by atoms with van der Waals surface area (Å²) in [4.78, 5) is 4.28. The van der Waals surface area contributed by atoms with Crippen LogP contribution in [0.1, 0.15) is 39.2 Å². The summed E-state index contributed by atoms with van der Waals surface area (Å²) in [6.07, 6.45) is 6.53. The number of hydrogen-bond donors (Lipinski definition) is 1. The van der Waals surface area contributed by atoms with Gasteiger partial charge in [-0.05, 0) is 42.9 Å². The molecule has 1 N–H and O–H groups in total. The number of rotatable bonds is 5. The molecule has 2 nitrogen and oxygen atoms in total. The minimum Gasteiger partial charge on any atom is -0.316 e. The molecule has 0 aliphatic heterocycles. The first-order valence-corrected chi connectivity index (χ1v) is 6.79. The highest BCUT2D eigenvalue weighted by Gasteiger charge is 2.45. The van der Waals surface area contributed by atoms with Gasteiger partial charge in [-0.15, -0.1) is 0 Å². The maximum absolute atomic E-state index is 4.28. The fourth-order valence-electron chi connectivity index (χ4n) is 2.94. The highest BCUT2D eigenvalue weighted by molar-refractivity contribution is 5.27. The molecule has 0 aromatic carbocycles. The van der Waals surface area contributed by atoms with Gasteiger partial charge in [-0.25, -0.2) is 0 Å². The highest BCUT2D eigenvalue weighted by atomic mass is 14.9. The number of nitrogens with zero attached hydrogens (tertiary/aromatic N) is 1. The van der Waals surface area contributed by atoms with Gasteiger partial charge in [0.05, 0.1) is 0 Å². The molecule has 0 radical (unpaired) electrons. The lowest BCUT2D eigenvalue weighted by Gasteiger charge is -2.50. The molecule has 0 amide bonds. The second kappa shape index (κ2) is 5.18. The standard InChI is InChI=1S/C15H24N2/c1-4-16-11-15(8-13(9-15)12(2)3)14-6-5-7-17-10-14/h5-7,10,12-13,16H,4,8-9,11H2,1-3H3.